The Morgan fingerprint density at radius 2 is 1.43 bits per heavy atom. The molecule has 23 heavy (non-hydrogen) atoms. The molecule has 0 rings (SSSR count). The topological polar surface area (TPSA) is 66.4 Å². The standard InChI is InChI=1S/C16H29FO6/c1-14(4-5-16(18)15(2)17)23-13-12-22-11-10-21-9-8-20-7-6-19-3/h4-5,14,18H,6-13H2,1-3H3/b5-4-,16-15-. The number of aliphatic hydroxyl groups excluding tert-OH is 1. The van der Waals surface area contributed by atoms with E-state index in [1.165, 1.54) is 13.0 Å². The van der Waals surface area contributed by atoms with Gasteiger partial charge in [0.15, 0.2) is 0 Å². The second-order valence-corrected chi connectivity index (χ2v) is 4.68. The molecule has 6 nitrogen and oxygen atoms in total. The number of rotatable bonds is 15. The van der Waals surface area contributed by atoms with Crippen LogP contribution in [0.25, 0.3) is 0 Å². The van der Waals surface area contributed by atoms with Gasteiger partial charge in [-0.15, -0.1) is 0 Å². The number of methoxy groups -OCH3 is 1. The molecule has 0 aliphatic heterocycles. The zero-order chi connectivity index (χ0) is 17.3. The molecule has 1 atom stereocenters. The first kappa shape index (κ1) is 22.0. The average molecular weight is 336 g/mol. The molecule has 0 amide bonds. The van der Waals surface area contributed by atoms with Gasteiger partial charge < -0.3 is 28.8 Å². The van der Waals surface area contributed by atoms with Crippen molar-refractivity contribution in [1.29, 1.82) is 0 Å². The van der Waals surface area contributed by atoms with Crippen LogP contribution in [-0.2, 0) is 23.7 Å². The van der Waals surface area contributed by atoms with Gasteiger partial charge in [0.25, 0.3) is 0 Å². The van der Waals surface area contributed by atoms with Crippen LogP contribution >= 0.6 is 0 Å². The Kier molecular flexibility index (Phi) is 15.2. The SMILES string of the molecule is COCCOCCOCCOCCOC(C)/C=C\C(O)=C(/C)F. The van der Waals surface area contributed by atoms with Crippen molar-refractivity contribution < 1.29 is 33.2 Å². The van der Waals surface area contributed by atoms with Crippen LogP contribution in [0.3, 0.4) is 0 Å². The van der Waals surface area contributed by atoms with Crippen LogP contribution in [0.5, 0.6) is 0 Å². The highest BCUT2D eigenvalue weighted by Crippen LogP contribution is 2.04. The summed E-state index contributed by atoms with van der Waals surface area (Å²) in [5, 5.41) is 9.16. The van der Waals surface area contributed by atoms with Gasteiger partial charge in [0.2, 0.25) is 0 Å². The number of allylic oxidation sites excluding steroid dienone is 2. The van der Waals surface area contributed by atoms with Crippen LogP contribution in [0.15, 0.2) is 23.7 Å². The van der Waals surface area contributed by atoms with Gasteiger partial charge in [0.1, 0.15) is 11.6 Å². The fourth-order valence-corrected chi connectivity index (χ4v) is 1.37. The first-order valence-electron chi connectivity index (χ1n) is 7.65. The van der Waals surface area contributed by atoms with Crippen LogP contribution in [0.1, 0.15) is 13.8 Å². The quantitative estimate of drug-likeness (QED) is 0.281. The predicted molar refractivity (Wildman–Crippen MR) is 85.3 cm³/mol. The lowest BCUT2D eigenvalue weighted by Gasteiger charge is -2.10. The molecule has 0 aromatic heterocycles. The third-order valence-electron chi connectivity index (χ3n) is 2.66. The van der Waals surface area contributed by atoms with Crippen LogP contribution in [0, 0.1) is 0 Å². The van der Waals surface area contributed by atoms with Crippen molar-refractivity contribution in [3.63, 3.8) is 0 Å². The van der Waals surface area contributed by atoms with Crippen molar-refractivity contribution in [3.8, 4) is 0 Å². The third kappa shape index (κ3) is 15.7. The van der Waals surface area contributed by atoms with Crippen LogP contribution < -0.4 is 0 Å². The van der Waals surface area contributed by atoms with E-state index in [9.17, 15) is 4.39 Å². The molecule has 0 fully saturated rings. The molecule has 0 aromatic rings. The van der Waals surface area contributed by atoms with Crippen LogP contribution in [0.2, 0.25) is 0 Å². The first-order chi connectivity index (χ1) is 11.1. The monoisotopic (exact) mass is 336 g/mol. The minimum absolute atomic E-state index is 0.236. The van der Waals surface area contributed by atoms with Crippen LogP contribution in [-0.4, -0.2) is 71.2 Å². The smallest absolute Gasteiger partial charge is 0.146 e. The summed E-state index contributed by atoms with van der Waals surface area (Å²) in [5.41, 5.74) is 0. The van der Waals surface area contributed by atoms with Gasteiger partial charge in [-0.25, -0.2) is 4.39 Å². The van der Waals surface area contributed by atoms with Crippen molar-refractivity contribution in [3.05, 3.63) is 23.7 Å². The van der Waals surface area contributed by atoms with E-state index in [2.05, 4.69) is 0 Å². The van der Waals surface area contributed by atoms with Gasteiger partial charge in [-0.3, -0.25) is 0 Å². The highest BCUT2D eigenvalue weighted by molar-refractivity contribution is 5.13. The minimum atomic E-state index is -0.624. The maximum Gasteiger partial charge on any atom is 0.146 e. The highest BCUT2D eigenvalue weighted by atomic mass is 19.1. The molecule has 0 spiro atoms. The maximum absolute atomic E-state index is 12.6. The first-order valence-corrected chi connectivity index (χ1v) is 7.65. The van der Waals surface area contributed by atoms with E-state index in [-0.39, 0.29) is 11.9 Å². The zero-order valence-corrected chi connectivity index (χ0v) is 14.3. The second kappa shape index (κ2) is 15.9. The van der Waals surface area contributed by atoms with E-state index in [1.807, 2.05) is 0 Å². The summed E-state index contributed by atoms with van der Waals surface area (Å²) in [6.07, 6.45) is 2.62. The third-order valence-corrected chi connectivity index (χ3v) is 2.66. The van der Waals surface area contributed by atoms with E-state index >= 15 is 0 Å². The average Bonchev–Trinajstić information content (AvgIpc) is 2.53. The Labute approximate surface area is 137 Å². The van der Waals surface area contributed by atoms with Gasteiger partial charge in [-0.2, -0.15) is 0 Å². The summed E-state index contributed by atoms with van der Waals surface area (Å²) in [6, 6.07) is 0. The number of hydrogen-bond donors (Lipinski definition) is 1. The molecule has 0 saturated heterocycles. The van der Waals surface area contributed by atoms with Gasteiger partial charge in [-0.05, 0) is 19.9 Å². The van der Waals surface area contributed by atoms with Gasteiger partial charge in [0.05, 0.1) is 59.0 Å². The fraction of sp³-hybridized carbons (Fsp3) is 0.750. The molecular weight excluding hydrogens is 307 g/mol. The fourth-order valence-electron chi connectivity index (χ4n) is 1.37. The largest absolute Gasteiger partial charge is 0.505 e. The summed E-state index contributed by atoms with van der Waals surface area (Å²) in [6.45, 7) is 7.02. The maximum atomic E-state index is 12.6. The number of aliphatic hydroxyl groups is 1. The molecular formula is C16H29FO6. The minimum Gasteiger partial charge on any atom is -0.505 e. The summed E-state index contributed by atoms with van der Waals surface area (Å²) in [4.78, 5) is 0. The lowest BCUT2D eigenvalue weighted by Crippen LogP contribution is -2.14. The molecule has 136 valence electrons. The summed E-state index contributed by atoms with van der Waals surface area (Å²) < 4.78 is 38.7. The summed E-state index contributed by atoms with van der Waals surface area (Å²) in [7, 11) is 1.63. The Morgan fingerprint density at radius 1 is 0.957 bits per heavy atom. The van der Waals surface area contributed by atoms with Crippen molar-refractivity contribution in [1.82, 2.24) is 0 Å². The molecule has 7 heteroatoms. The summed E-state index contributed by atoms with van der Waals surface area (Å²) >= 11 is 0. The number of hydrogen-bond acceptors (Lipinski definition) is 6. The molecule has 1 N–H and O–H groups in total. The van der Waals surface area contributed by atoms with Crippen molar-refractivity contribution in [2.45, 2.75) is 20.0 Å². The Balaban J connectivity index is 3.34. The molecule has 0 bridgehead atoms. The molecule has 0 radical (unpaired) electrons. The number of halogens is 1. The van der Waals surface area contributed by atoms with Crippen molar-refractivity contribution >= 4 is 0 Å². The summed E-state index contributed by atoms with van der Waals surface area (Å²) in [5.74, 6) is -1.01. The molecule has 0 aromatic carbocycles. The molecule has 0 aliphatic carbocycles. The Hall–Kier alpha value is -0.990. The van der Waals surface area contributed by atoms with E-state index in [0.29, 0.717) is 52.9 Å². The predicted octanol–water partition coefficient (Wildman–Crippen LogP) is 2.40. The molecule has 0 saturated carbocycles. The van der Waals surface area contributed by atoms with E-state index in [4.69, 9.17) is 28.8 Å². The van der Waals surface area contributed by atoms with Crippen LogP contribution in [0.4, 0.5) is 4.39 Å². The molecule has 0 aliphatic rings. The lowest BCUT2D eigenvalue weighted by atomic mass is 10.3. The van der Waals surface area contributed by atoms with E-state index < -0.39 is 5.83 Å². The highest BCUT2D eigenvalue weighted by Gasteiger charge is 1.99. The zero-order valence-electron chi connectivity index (χ0n) is 14.3. The van der Waals surface area contributed by atoms with E-state index in [1.54, 1.807) is 20.1 Å². The van der Waals surface area contributed by atoms with Crippen molar-refractivity contribution in [2.24, 2.45) is 0 Å². The molecule has 1 unspecified atom stereocenters. The van der Waals surface area contributed by atoms with Gasteiger partial charge >= 0.3 is 0 Å². The Bertz CT molecular complexity index is 329. The normalized spacial score (nSPS) is 14.3. The Morgan fingerprint density at radius 3 is 1.91 bits per heavy atom. The van der Waals surface area contributed by atoms with Gasteiger partial charge in [-0.1, -0.05) is 6.08 Å². The van der Waals surface area contributed by atoms with E-state index in [0.717, 1.165) is 0 Å². The molecule has 0 heterocycles. The lowest BCUT2D eigenvalue weighted by molar-refractivity contribution is -0.0123. The van der Waals surface area contributed by atoms with Crippen molar-refractivity contribution in [2.75, 3.05) is 60.0 Å². The number of ether oxygens (including phenoxy) is 5. The van der Waals surface area contributed by atoms with Gasteiger partial charge in [0, 0.05) is 7.11 Å². The second-order valence-electron chi connectivity index (χ2n) is 4.68.